The second kappa shape index (κ2) is 7.47. The normalized spacial score (nSPS) is 18.0. The molecule has 1 aromatic carbocycles. The number of anilines is 2. The first-order chi connectivity index (χ1) is 13.2. The number of benzene rings is 1. The Bertz CT molecular complexity index is 789. The Morgan fingerprint density at radius 1 is 1.00 bits per heavy atom. The Hall–Kier alpha value is -2.76. The van der Waals surface area contributed by atoms with E-state index in [1.54, 1.807) is 18.4 Å². The number of hydrogen-bond acceptors (Lipinski definition) is 4. The Balaban J connectivity index is 1.34. The summed E-state index contributed by atoms with van der Waals surface area (Å²) in [7, 11) is 0. The molecule has 27 heavy (non-hydrogen) atoms. The van der Waals surface area contributed by atoms with Crippen molar-refractivity contribution in [2.45, 2.75) is 38.6 Å². The molecule has 4 rings (SSSR count). The lowest BCUT2D eigenvalue weighted by Gasteiger charge is -2.28. The van der Waals surface area contributed by atoms with Gasteiger partial charge in [0, 0.05) is 24.5 Å². The van der Waals surface area contributed by atoms with Crippen LogP contribution >= 0.6 is 0 Å². The van der Waals surface area contributed by atoms with Crippen LogP contribution in [0.25, 0.3) is 0 Å². The second-order valence-corrected chi connectivity index (χ2v) is 7.39. The van der Waals surface area contributed by atoms with Gasteiger partial charge in [0.05, 0.1) is 12.8 Å². The van der Waals surface area contributed by atoms with Crippen molar-refractivity contribution in [1.29, 1.82) is 0 Å². The van der Waals surface area contributed by atoms with Gasteiger partial charge in [-0.1, -0.05) is 0 Å². The second-order valence-electron chi connectivity index (χ2n) is 7.39. The summed E-state index contributed by atoms with van der Waals surface area (Å²) in [6, 6.07) is 11.5. The topological polar surface area (TPSA) is 74.6 Å². The monoisotopic (exact) mass is 367 g/mol. The molecule has 2 heterocycles. The average molecular weight is 367 g/mol. The first-order valence-corrected chi connectivity index (χ1v) is 9.65. The molecule has 1 saturated heterocycles. The molecule has 0 unspecified atom stereocenters. The van der Waals surface area contributed by atoms with Crippen molar-refractivity contribution in [2.24, 2.45) is 5.41 Å². The minimum atomic E-state index is -0.946. The molecule has 0 bridgehead atoms. The molecule has 1 aliphatic heterocycles. The first-order valence-electron chi connectivity index (χ1n) is 9.65. The molecule has 0 spiro atoms. The van der Waals surface area contributed by atoms with Crippen LogP contribution in [0.2, 0.25) is 0 Å². The lowest BCUT2D eigenvalue weighted by Crippen LogP contribution is -2.39. The molecule has 0 atom stereocenters. The molecule has 2 aliphatic rings. The molecule has 1 aromatic heterocycles. The van der Waals surface area contributed by atoms with Gasteiger partial charge in [0.2, 0.25) is 11.8 Å². The summed E-state index contributed by atoms with van der Waals surface area (Å²) >= 11 is 0. The van der Waals surface area contributed by atoms with Gasteiger partial charge in [-0.2, -0.15) is 0 Å². The molecule has 2 fully saturated rings. The third-order valence-corrected chi connectivity index (χ3v) is 5.47. The predicted molar refractivity (Wildman–Crippen MR) is 103 cm³/mol. The largest absolute Gasteiger partial charge is 0.467 e. The third kappa shape index (κ3) is 3.84. The van der Waals surface area contributed by atoms with Gasteiger partial charge in [-0.3, -0.25) is 9.59 Å². The summed E-state index contributed by atoms with van der Waals surface area (Å²) in [6.45, 7) is 2.47. The zero-order chi connectivity index (χ0) is 18.7. The van der Waals surface area contributed by atoms with Crippen LogP contribution in [0.3, 0.4) is 0 Å². The Morgan fingerprint density at radius 3 is 2.37 bits per heavy atom. The SMILES string of the molecule is O=C(NCc1ccco1)C1(C(=O)Nc2ccc(N3CCCCC3)cc2)CC1. The quantitative estimate of drug-likeness (QED) is 0.768. The lowest BCUT2D eigenvalue weighted by molar-refractivity contribution is -0.134. The van der Waals surface area contributed by atoms with Gasteiger partial charge in [0.15, 0.2) is 0 Å². The average Bonchev–Trinajstić information content (AvgIpc) is 3.36. The van der Waals surface area contributed by atoms with E-state index in [1.165, 1.54) is 24.9 Å². The maximum absolute atomic E-state index is 12.7. The first kappa shape index (κ1) is 17.6. The summed E-state index contributed by atoms with van der Waals surface area (Å²) in [5.41, 5.74) is 0.967. The van der Waals surface area contributed by atoms with Crippen molar-refractivity contribution in [3.05, 3.63) is 48.4 Å². The van der Waals surface area contributed by atoms with E-state index in [1.807, 2.05) is 24.3 Å². The molecule has 2 N–H and O–H groups in total. The van der Waals surface area contributed by atoms with Crippen LogP contribution in [0.4, 0.5) is 11.4 Å². The highest BCUT2D eigenvalue weighted by Crippen LogP contribution is 2.47. The Morgan fingerprint density at radius 2 is 1.74 bits per heavy atom. The van der Waals surface area contributed by atoms with Gasteiger partial charge in [0.25, 0.3) is 0 Å². The number of nitrogens with one attached hydrogen (secondary N) is 2. The van der Waals surface area contributed by atoms with Gasteiger partial charge >= 0.3 is 0 Å². The number of carbonyl (C=O) groups is 2. The fourth-order valence-electron chi connectivity index (χ4n) is 3.59. The van der Waals surface area contributed by atoms with E-state index < -0.39 is 5.41 Å². The highest BCUT2D eigenvalue weighted by Gasteiger charge is 2.56. The van der Waals surface area contributed by atoms with Crippen LogP contribution in [0.15, 0.2) is 47.1 Å². The summed E-state index contributed by atoms with van der Waals surface area (Å²) in [5.74, 6) is 0.208. The minimum Gasteiger partial charge on any atom is -0.467 e. The molecule has 1 aliphatic carbocycles. The molecule has 6 heteroatoms. The van der Waals surface area contributed by atoms with Crippen LogP contribution in [0, 0.1) is 5.41 Å². The zero-order valence-electron chi connectivity index (χ0n) is 15.4. The number of carbonyl (C=O) groups excluding carboxylic acids is 2. The van der Waals surface area contributed by atoms with E-state index in [0.29, 0.717) is 25.1 Å². The summed E-state index contributed by atoms with van der Waals surface area (Å²) in [4.78, 5) is 27.5. The van der Waals surface area contributed by atoms with Gasteiger partial charge in [-0.05, 0) is 68.5 Å². The van der Waals surface area contributed by atoms with Crippen molar-refractivity contribution in [3.63, 3.8) is 0 Å². The fourth-order valence-corrected chi connectivity index (χ4v) is 3.59. The van der Waals surface area contributed by atoms with E-state index in [9.17, 15) is 9.59 Å². The van der Waals surface area contributed by atoms with Crippen LogP contribution in [0.1, 0.15) is 37.9 Å². The number of hydrogen-bond donors (Lipinski definition) is 2. The standard InChI is InChI=1S/C21H25N3O3/c25-19(22-15-18-5-4-14-27-18)21(10-11-21)20(26)23-16-6-8-17(9-7-16)24-12-2-1-3-13-24/h4-9,14H,1-3,10-13,15H2,(H,22,25)(H,23,26). The van der Waals surface area contributed by atoms with Crippen LogP contribution in [-0.4, -0.2) is 24.9 Å². The maximum atomic E-state index is 12.7. The van der Waals surface area contributed by atoms with Gasteiger partial charge in [-0.25, -0.2) is 0 Å². The van der Waals surface area contributed by atoms with Crippen molar-refractivity contribution in [1.82, 2.24) is 5.32 Å². The minimum absolute atomic E-state index is 0.231. The number of piperidine rings is 1. The van der Waals surface area contributed by atoms with Gasteiger partial charge < -0.3 is 20.0 Å². The molecular formula is C21H25N3O3. The molecule has 0 radical (unpaired) electrons. The van der Waals surface area contributed by atoms with E-state index in [0.717, 1.165) is 18.8 Å². The van der Waals surface area contributed by atoms with Crippen LogP contribution in [0.5, 0.6) is 0 Å². The summed E-state index contributed by atoms with van der Waals surface area (Å²) in [6.07, 6.45) is 6.48. The Labute approximate surface area is 158 Å². The molecule has 2 amide bonds. The molecular weight excluding hydrogens is 342 g/mol. The lowest BCUT2D eigenvalue weighted by atomic mass is 10.0. The highest BCUT2D eigenvalue weighted by molar-refractivity contribution is 6.13. The van der Waals surface area contributed by atoms with Gasteiger partial charge in [-0.15, -0.1) is 0 Å². The van der Waals surface area contributed by atoms with E-state index in [4.69, 9.17) is 4.42 Å². The number of furan rings is 1. The van der Waals surface area contributed by atoms with Crippen molar-refractivity contribution < 1.29 is 14.0 Å². The molecule has 2 aromatic rings. The third-order valence-electron chi connectivity index (χ3n) is 5.47. The predicted octanol–water partition coefficient (Wildman–Crippen LogP) is 3.31. The molecule has 142 valence electrons. The van der Waals surface area contributed by atoms with Crippen molar-refractivity contribution in [3.8, 4) is 0 Å². The smallest absolute Gasteiger partial charge is 0.240 e. The van der Waals surface area contributed by atoms with E-state index in [-0.39, 0.29) is 11.8 Å². The fraction of sp³-hybridized carbons (Fsp3) is 0.429. The van der Waals surface area contributed by atoms with E-state index >= 15 is 0 Å². The Kier molecular flexibility index (Phi) is 4.88. The number of nitrogens with zero attached hydrogens (tertiary/aromatic N) is 1. The van der Waals surface area contributed by atoms with Crippen molar-refractivity contribution >= 4 is 23.2 Å². The maximum Gasteiger partial charge on any atom is 0.240 e. The van der Waals surface area contributed by atoms with Crippen LogP contribution < -0.4 is 15.5 Å². The van der Waals surface area contributed by atoms with Crippen molar-refractivity contribution in [2.75, 3.05) is 23.3 Å². The summed E-state index contributed by atoms with van der Waals surface area (Å²) in [5, 5.41) is 5.71. The van der Waals surface area contributed by atoms with Gasteiger partial charge in [0.1, 0.15) is 11.2 Å². The molecule has 6 nitrogen and oxygen atoms in total. The van der Waals surface area contributed by atoms with Crippen LogP contribution in [-0.2, 0) is 16.1 Å². The van der Waals surface area contributed by atoms with E-state index in [2.05, 4.69) is 15.5 Å². The number of rotatable bonds is 6. The highest BCUT2D eigenvalue weighted by atomic mass is 16.3. The summed E-state index contributed by atoms with van der Waals surface area (Å²) < 4.78 is 5.22. The zero-order valence-corrected chi connectivity index (χ0v) is 15.4. The number of amides is 2. The molecule has 1 saturated carbocycles.